The van der Waals surface area contributed by atoms with Crippen LogP contribution in [0.3, 0.4) is 0 Å². The molecule has 0 spiro atoms. The Morgan fingerprint density at radius 1 is 1.09 bits per heavy atom. The largest absolute Gasteiger partial charge is 0.462 e. The average molecular weight is 459 g/mol. The second kappa shape index (κ2) is 10.1. The lowest BCUT2D eigenvalue weighted by atomic mass is 10.1. The quantitative estimate of drug-likeness (QED) is 0.476. The van der Waals surface area contributed by atoms with Crippen molar-refractivity contribution < 1.29 is 23.1 Å². The number of aromatic amines is 1. The Morgan fingerprint density at radius 2 is 1.81 bits per heavy atom. The Morgan fingerprint density at radius 3 is 2.44 bits per heavy atom. The number of esters is 1. The van der Waals surface area contributed by atoms with Crippen molar-refractivity contribution in [3.05, 3.63) is 75.6 Å². The standard InChI is InChI=1S/C23H26N2O6S/c1-3-16-5-10-21-18(13-16)14-19(22(27)24-21)15-25(11-12-26)32(29,30)20-8-6-17(7-9-20)23(28)31-4-2/h5-10,13-14,26H,3-4,11-12,15H2,1-2H3,(H,24,27). The van der Waals surface area contributed by atoms with E-state index < -0.39 is 28.2 Å². The molecule has 32 heavy (non-hydrogen) atoms. The Hall–Kier alpha value is -3.01. The maximum atomic E-state index is 13.2. The first-order valence-electron chi connectivity index (χ1n) is 10.3. The van der Waals surface area contributed by atoms with Gasteiger partial charge >= 0.3 is 5.97 Å². The molecular weight excluding hydrogens is 432 g/mol. The van der Waals surface area contributed by atoms with E-state index in [0.717, 1.165) is 21.7 Å². The summed E-state index contributed by atoms with van der Waals surface area (Å²) in [6.45, 7) is 3.12. The molecule has 0 fully saturated rings. The van der Waals surface area contributed by atoms with Crippen LogP contribution in [0, 0.1) is 0 Å². The molecule has 0 aliphatic heterocycles. The van der Waals surface area contributed by atoms with E-state index in [0.29, 0.717) is 5.52 Å². The summed E-state index contributed by atoms with van der Waals surface area (Å²) >= 11 is 0. The van der Waals surface area contributed by atoms with Crippen LogP contribution >= 0.6 is 0 Å². The highest BCUT2D eigenvalue weighted by molar-refractivity contribution is 7.89. The van der Waals surface area contributed by atoms with Crippen molar-refractivity contribution in [3.63, 3.8) is 0 Å². The van der Waals surface area contributed by atoms with E-state index in [-0.39, 0.29) is 35.7 Å². The van der Waals surface area contributed by atoms with Gasteiger partial charge in [0.15, 0.2) is 0 Å². The predicted molar refractivity (Wildman–Crippen MR) is 121 cm³/mol. The molecule has 1 aromatic heterocycles. The fraction of sp³-hybridized carbons (Fsp3) is 0.304. The first kappa shape index (κ1) is 23.6. The number of aryl methyl sites for hydroxylation is 1. The molecule has 1 heterocycles. The number of sulfonamides is 1. The van der Waals surface area contributed by atoms with Gasteiger partial charge in [0, 0.05) is 24.2 Å². The summed E-state index contributed by atoms with van der Waals surface area (Å²) in [4.78, 5) is 27.1. The van der Waals surface area contributed by atoms with Gasteiger partial charge < -0.3 is 14.8 Å². The van der Waals surface area contributed by atoms with Gasteiger partial charge in [-0.2, -0.15) is 4.31 Å². The van der Waals surface area contributed by atoms with E-state index in [9.17, 15) is 23.1 Å². The van der Waals surface area contributed by atoms with Crippen molar-refractivity contribution in [1.29, 1.82) is 0 Å². The highest BCUT2D eigenvalue weighted by atomic mass is 32.2. The molecular formula is C23H26N2O6S. The minimum Gasteiger partial charge on any atom is -0.462 e. The van der Waals surface area contributed by atoms with Crippen molar-refractivity contribution >= 4 is 26.9 Å². The number of fused-ring (bicyclic) bond motifs is 1. The highest BCUT2D eigenvalue weighted by Gasteiger charge is 2.25. The first-order chi connectivity index (χ1) is 15.3. The van der Waals surface area contributed by atoms with Gasteiger partial charge in [-0.05, 0) is 66.8 Å². The molecule has 3 aromatic rings. The molecule has 0 radical (unpaired) electrons. The lowest BCUT2D eigenvalue weighted by molar-refractivity contribution is 0.0526. The number of H-pyrrole nitrogens is 1. The van der Waals surface area contributed by atoms with Gasteiger partial charge in [-0.25, -0.2) is 13.2 Å². The Labute approximate surface area is 186 Å². The van der Waals surface area contributed by atoms with E-state index in [2.05, 4.69) is 4.98 Å². The van der Waals surface area contributed by atoms with Crippen LogP contribution in [0.5, 0.6) is 0 Å². The lowest BCUT2D eigenvalue weighted by Crippen LogP contribution is -2.35. The van der Waals surface area contributed by atoms with Crippen LogP contribution in [0.4, 0.5) is 0 Å². The molecule has 0 aliphatic carbocycles. The Bertz CT molecular complexity index is 1270. The summed E-state index contributed by atoms with van der Waals surface area (Å²) < 4.78 is 32.4. The monoisotopic (exact) mass is 458 g/mol. The minimum atomic E-state index is -4.03. The van der Waals surface area contributed by atoms with Gasteiger partial charge in [-0.1, -0.05) is 13.0 Å². The summed E-state index contributed by atoms with van der Waals surface area (Å²) in [6.07, 6.45) is 0.831. The average Bonchev–Trinajstić information content (AvgIpc) is 2.79. The normalized spacial score (nSPS) is 11.8. The second-order valence-corrected chi connectivity index (χ2v) is 9.14. The predicted octanol–water partition coefficient (Wildman–Crippen LogP) is 2.45. The molecule has 0 saturated heterocycles. The Kier molecular flexibility index (Phi) is 7.44. The molecule has 2 N–H and O–H groups in total. The molecule has 0 atom stereocenters. The second-order valence-electron chi connectivity index (χ2n) is 7.21. The zero-order valence-corrected chi connectivity index (χ0v) is 18.8. The summed E-state index contributed by atoms with van der Waals surface area (Å²) in [6, 6.07) is 12.8. The van der Waals surface area contributed by atoms with Crippen LogP contribution in [-0.4, -0.2) is 48.5 Å². The summed E-state index contributed by atoms with van der Waals surface area (Å²) in [5, 5.41) is 10.3. The number of carbonyl (C=O) groups is 1. The van der Waals surface area contributed by atoms with Crippen LogP contribution in [0.25, 0.3) is 10.9 Å². The topological polar surface area (TPSA) is 117 Å². The third-order valence-electron chi connectivity index (χ3n) is 5.09. The maximum Gasteiger partial charge on any atom is 0.338 e. The van der Waals surface area contributed by atoms with Gasteiger partial charge in [0.2, 0.25) is 10.0 Å². The lowest BCUT2D eigenvalue weighted by Gasteiger charge is -2.21. The van der Waals surface area contributed by atoms with Crippen molar-refractivity contribution in [2.45, 2.75) is 31.7 Å². The highest BCUT2D eigenvalue weighted by Crippen LogP contribution is 2.20. The smallest absolute Gasteiger partial charge is 0.338 e. The minimum absolute atomic E-state index is 0.0514. The zero-order chi connectivity index (χ0) is 23.3. The molecule has 0 saturated carbocycles. The molecule has 0 unspecified atom stereocenters. The number of nitrogens with zero attached hydrogens (tertiary/aromatic N) is 1. The van der Waals surface area contributed by atoms with Crippen LogP contribution in [0.2, 0.25) is 0 Å². The van der Waals surface area contributed by atoms with Gasteiger partial charge in [0.1, 0.15) is 0 Å². The van der Waals surface area contributed by atoms with Gasteiger partial charge in [-0.15, -0.1) is 0 Å². The van der Waals surface area contributed by atoms with E-state index in [4.69, 9.17) is 4.74 Å². The molecule has 170 valence electrons. The molecule has 2 aromatic carbocycles. The van der Waals surface area contributed by atoms with Crippen molar-refractivity contribution in [1.82, 2.24) is 9.29 Å². The SMILES string of the molecule is CCOC(=O)c1ccc(S(=O)(=O)N(CCO)Cc2cc3cc(CC)ccc3[nH]c2=O)cc1. The number of ether oxygens (including phenoxy) is 1. The van der Waals surface area contributed by atoms with E-state index in [1.165, 1.54) is 24.3 Å². The molecule has 0 amide bonds. The number of hydrogen-bond donors (Lipinski definition) is 2. The molecule has 3 rings (SSSR count). The maximum absolute atomic E-state index is 13.2. The van der Waals surface area contributed by atoms with Gasteiger partial charge in [0.05, 0.1) is 23.7 Å². The zero-order valence-electron chi connectivity index (χ0n) is 18.0. The number of pyridine rings is 1. The van der Waals surface area contributed by atoms with Crippen LogP contribution in [0.15, 0.2) is 58.2 Å². The van der Waals surface area contributed by atoms with Crippen molar-refractivity contribution in [2.75, 3.05) is 19.8 Å². The number of carbonyl (C=O) groups excluding carboxylic acids is 1. The fourth-order valence-corrected chi connectivity index (χ4v) is 4.76. The molecule has 0 aliphatic rings. The van der Waals surface area contributed by atoms with E-state index in [1.54, 1.807) is 13.0 Å². The number of aliphatic hydroxyl groups is 1. The van der Waals surface area contributed by atoms with Crippen LogP contribution < -0.4 is 5.56 Å². The van der Waals surface area contributed by atoms with Gasteiger partial charge in [0.25, 0.3) is 5.56 Å². The number of hydrogen-bond acceptors (Lipinski definition) is 6. The summed E-state index contributed by atoms with van der Waals surface area (Å²) in [7, 11) is -4.03. The fourth-order valence-electron chi connectivity index (χ4n) is 3.35. The molecule has 8 nitrogen and oxygen atoms in total. The van der Waals surface area contributed by atoms with Crippen molar-refractivity contribution in [2.24, 2.45) is 0 Å². The number of aromatic nitrogens is 1. The van der Waals surface area contributed by atoms with Gasteiger partial charge in [-0.3, -0.25) is 4.79 Å². The van der Waals surface area contributed by atoms with Crippen LogP contribution in [0.1, 0.15) is 35.3 Å². The molecule has 9 heteroatoms. The third kappa shape index (κ3) is 5.07. The third-order valence-corrected chi connectivity index (χ3v) is 6.95. The number of rotatable bonds is 9. The molecule has 0 bridgehead atoms. The van der Waals surface area contributed by atoms with Crippen LogP contribution in [-0.2, 0) is 27.7 Å². The number of nitrogens with one attached hydrogen (secondary N) is 1. The van der Waals surface area contributed by atoms with E-state index in [1.807, 2.05) is 25.1 Å². The Balaban J connectivity index is 1.94. The van der Waals surface area contributed by atoms with E-state index >= 15 is 0 Å². The summed E-state index contributed by atoms with van der Waals surface area (Å²) in [5.74, 6) is -0.544. The van der Waals surface area contributed by atoms with Crippen molar-refractivity contribution in [3.8, 4) is 0 Å². The summed E-state index contributed by atoms with van der Waals surface area (Å²) in [5.41, 5.74) is 1.87. The number of benzene rings is 2. The number of aliphatic hydroxyl groups excluding tert-OH is 1. The first-order valence-corrected chi connectivity index (χ1v) is 11.8.